The van der Waals surface area contributed by atoms with Crippen molar-refractivity contribution in [3.05, 3.63) is 48.6 Å². The zero-order valence-corrected chi connectivity index (χ0v) is 41.3. The summed E-state index contributed by atoms with van der Waals surface area (Å²) in [5.74, 6) is -1.78. The number of rotatable bonds is 49. The topological polar surface area (TPSA) is 155 Å². The van der Waals surface area contributed by atoms with Crippen LogP contribution in [0.1, 0.15) is 232 Å². The molecule has 0 saturated heterocycles. The van der Waals surface area contributed by atoms with E-state index in [4.69, 9.17) is 29.4 Å². The molecule has 0 heterocycles. The van der Waals surface area contributed by atoms with Gasteiger partial charge in [0.1, 0.15) is 12.1 Å². The van der Waals surface area contributed by atoms with E-state index in [0.717, 1.165) is 64.2 Å². The third-order valence-corrected chi connectivity index (χ3v) is 12.1. The van der Waals surface area contributed by atoms with E-state index in [1.165, 1.54) is 141 Å². The normalized spacial score (nSPS) is 14.1. The molecule has 0 aromatic heterocycles. The number of nitrogens with two attached hydrogens (primary N) is 1. The van der Waals surface area contributed by atoms with Gasteiger partial charge in [-0.1, -0.05) is 223 Å². The fraction of sp³-hybridized carbons (Fsp3) is 0.808. The Morgan fingerprint density at radius 2 is 0.921 bits per heavy atom. The van der Waals surface area contributed by atoms with Crippen molar-refractivity contribution in [2.75, 3.05) is 26.4 Å². The Kier molecular flexibility index (Phi) is 46.3. The summed E-state index contributed by atoms with van der Waals surface area (Å²) in [5, 5.41) is 8.93. The second-order valence-electron chi connectivity index (χ2n) is 17.3. The SMILES string of the molecule is CC/C=C\C/C=C\C/C=C\C/C=C\CCCCCCCCCOCC(COP(=O)(O)OCC(N)C(=O)O)OC(=O)CCCCCCCCCCCCCCCCCCCCCCC. The number of carboxylic acids is 1. The van der Waals surface area contributed by atoms with Crippen LogP contribution in [0, 0.1) is 0 Å². The van der Waals surface area contributed by atoms with Gasteiger partial charge in [-0.15, -0.1) is 0 Å². The van der Waals surface area contributed by atoms with E-state index in [9.17, 15) is 19.0 Å². The molecule has 11 heteroatoms. The summed E-state index contributed by atoms with van der Waals surface area (Å²) in [5.41, 5.74) is 5.38. The second kappa shape index (κ2) is 47.9. The van der Waals surface area contributed by atoms with Crippen molar-refractivity contribution in [3.8, 4) is 0 Å². The molecule has 0 aliphatic heterocycles. The average molecular weight is 910 g/mol. The lowest BCUT2D eigenvalue weighted by molar-refractivity contribution is -0.154. The summed E-state index contributed by atoms with van der Waals surface area (Å²) in [7, 11) is -4.62. The van der Waals surface area contributed by atoms with Crippen LogP contribution in [0.15, 0.2) is 48.6 Å². The Balaban J connectivity index is 4.14. The van der Waals surface area contributed by atoms with Gasteiger partial charge in [-0.2, -0.15) is 0 Å². The number of carboxylic acid groups (broad SMARTS) is 1. The molecular formula is C52H96NO9P. The number of esters is 1. The minimum Gasteiger partial charge on any atom is -0.480 e. The summed E-state index contributed by atoms with van der Waals surface area (Å²) in [6.45, 7) is 3.78. The number of hydrogen-bond acceptors (Lipinski definition) is 8. The predicted octanol–water partition coefficient (Wildman–Crippen LogP) is 15.0. The van der Waals surface area contributed by atoms with Crippen LogP contribution in [0.3, 0.4) is 0 Å². The van der Waals surface area contributed by atoms with Crippen molar-refractivity contribution in [1.82, 2.24) is 0 Å². The van der Waals surface area contributed by atoms with Gasteiger partial charge in [0.25, 0.3) is 0 Å². The monoisotopic (exact) mass is 910 g/mol. The number of phosphoric ester groups is 1. The largest absolute Gasteiger partial charge is 0.480 e. The first-order chi connectivity index (χ1) is 30.7. The number of hydrogen-bond donors (Lipinski definition) is 3. The summed E-state index contributed by atoms with van der Waals surface area (Å²) >= 11 is 0. The van der Waals surface area contributed by atoms with Gasteiger partial charge in [-0.25, -0.2) is 4.57 Å². The van der Waals surface area contributed by atoms with E-state index in [2.05, 4.69) is 62.5 Å². The van der Waals surface area contributed by atoms with Crippen LogP contribution in [0.2, 0.25) is 0 Å². The highest BCUT2D eigenvalue weighted by molar-refractivity contribution is 7.47. The molecule has 3 unspecified atom stereocenters. The zero-order valence-electron chi connectivity index (χ0n) is 40.4. The molecule has 368 valence electrons. The Morgan fingerprint density at radius 3 is 1.38 bits per heavy atom. The van der Waals surface area contributed by atoms with Crippen LogP contribution in [0.4, 0.5) is 0 Å². The molecule has 0 rings (SSSR count). The van der Waals surface area contributed by atoms with Gasteiger partial charge in [-0.05, 0) is 51.4 Å². The Hall–Kier alpha value is -2.07. The molecule has 0 aromatic rings. The molecule has 0 amide bonds. The lowest BCUT2D eigenvalue weighted by Gasteiger charge is -2.20. The summed E-state index contributed by atoms with van der Waals surface area (Å²) < 4.78 is 33.5. The summed E-state index contributed by atoms with van der Waals surface area (Å²) in [4.78, 5) is 33.7. The molecule has 0 fully saturated rings. The maximum atomic E-state index is 12.7. The van der Waals surface area contributed by atoms with Crippen molar-refractivity contribution < 1.29 is 42.7 Å². The van der Waals surface area contributed by atoms with Gasteiger partial charge in [0.2, 0.25) is 0 Å². The molecular weight excluding hydrogens is 814 g/mol. The molecule has 0 aliphatic rings. The highest BCUT2D eigenvalue weighted by Crippen LogP contribution is 2.43. The third kappa shape index (κ3) is 47.7. The minimum absolute atomic E-state index is 0.0109. The molecule has 0 aromatic carbocycles. The highest BCUT2D eigenvalue weighted by atomic mass is 31.2. The predicted molar refractivity (Wildman–Crippen MR) is 263 cm³/mol. The fourth-order valence-electron chi connectivity index (χ4n) is 7.19. The molecule has 10 nitrogen and oxygen atoms in total. The standard InChI is InChI=1S/C52H96NO9P/c1-3-5-7-9-11-13-15-17-19-21-23-25-26-28-30-32-34-36-38-40-42-44-51(54)62-49(47-60-63(57,58)61-48-50(53)52(55)56)46-59-45-43-41-39-37-35-33-31-29-27-24-22-20-18-16-14-12-10-8-6-4-2/h6,8,12,14,18,20,24,27,49-50H,3-5,7,9-11,13,15-17,19,21-23,25-26,28-48,53H2,1-2H3,(H,55,56)(H,57,58)/b8-6-,14-12-,20-18-,27-24-. The van der Waals surface area contributed by atoms with Crippen LogP contribution in [-0.2, 0) is 32.7 Å². The van der Waals surface area contributed by atoms with Crippen LogP contribution in [0.5, 0.6) is 0 Å². The maximum absolute atomic E-state index is 12.7. The van der Waals surface area contributed by atoms with Gasteiger partial charge in [-0.3, -0.25) is 18.6 Å². The molecule has 63 heavy (non-hydrogen) atoms. The number of ether oxygens (including phenoxy) is 2. The van der Waals surface area contributed by atoms with Gasteiger partial charge in [0, 0.05) is 13.0 Å². The number of allylic oxidation sites excluding steroid dienone is 8. The highest BCUT2D eigenvalue weighted by Gasteiger charge is 2.27. The minimum atomic E-state index is -4.62. The lowest BCUT2D eigenvalue weighted by atomic mass is 10.0. The quantitative estimate of drug-likeness (QED) is 0.0232. The number of unbranched alkanes of at least 4 members (excludes halogenated alkanes) is 27. The molecule has 0 aliphatic carbocycles. The average Bonchev–Trinajstić information content (AvgIpc) is 3.26. The fourth-order valence-corrected chi connectivity index (χ4v) is 7.96. The van der Waals surface area contributed by atoms with Crippen molar-refractivity contribution >= 4 is 19.8 Å². The molecule has 0 saturated carbocycles. The second-order valence-corrected chi connectivity index (χ2v) is 18.7. The number of phosphoric acid groups is 1. The van der Waals surface area contributed by atoms with Gasteiger partial charge in [0.15, 0.2) is 0 Å². The van der Waals surface area contributed by atoms with Crippen molar-refractivity contribution in [1.29, 1.82) is 0 Å². The van der Waals surface area contributed by atoms with E-state index >= 15 is 0 Å². The van der Waals surface area contributed by atoms with Crippen LogP contribution in [-0.4, -0.2) is 60.5 Å². The van der Waals surface area contributed by atoms with Gasteiger partial charge >= 0.3 is 19.8 Å². The summed E-state index contributed by atoms with van der Waals surface area (Å²) in [6, 6.07) is -1.48. The molecule has 3 atom stereocenters. The van der Waals surface area contributed by atoms with Crippen molar-refractivity contribution in [2.24, 2.45) is 5.73 Å². The van der Waals surface area contributed by atoms with E-state index in [1.54, 1.807) is 0 Å². The first-order valence-electron chi connectivity index (χ1n) is 25.7. The maximum Gasteiger partial charge on any atom is 0.472 e. The van der Waals surface area contributed by atoms with Crippen LogP contribution >= 0.6 is 7.82 Å². The third-order valence-electron chi connectivity index (χ3n) is 11.1. The van der Waals surface area contributed by atoms with Crippen molar-refractivity contribution in [2.45, 2.75) is 244 Å². The molecule has 4 N–H and O–H groups in total. The van der Waals surface area contributed by atoms with E-state index in [1.807, 2.05) is 0 Å². The molecule has 0 bridgehead atoms. The van der Waals surface area contributed by atoms with Gasteiger partial charge in [0.05, 0.1) is 19.8 Å². The Bertz CT molecular complexity index is 1190. The Morgan fingerprint density at radius 1 is 0.524 bits per heavy atom. The zero-order chi connectivity index (χ0) is 46.2. The first kappa shape index (κ1) is 60.9. The van der Waals surface area contributed by atoms with Gasteiger partial charge < -0.3 is 25.2 Å². The molecule has 0 spiro atoms. The Labute approximate surface area is 386 Å². The van der Waals surface area contributed by atoms with Crippen LogP contribution < -0.4 is 5.73 Å². The van der Waals surface area contributed by atoms with E-state index in [0.29, 0.717) is 13.0 Å². The van der Waals surface area contributed by atoms with E-state index in [-0.39, 0.29) is 13.0 Å². The van der Waals surface area contributed by atoms with Crippen LogP contribution in [0.25, 0.3) is 0 Å². The smallest absolute Gasteiger partial charge is 0.472 e. The summed E-state index contributed by atoms with van der Waals surface area (Å²) in [6.07, 6.45) is 57.4. The first-order valence-corrected chi connectivity index (χ1v) is 27.2. The van der Waals surface area contributed by atoms with E-state index < -0.39 is 45.1 Å². The number of aliphatic carboxylic acids is 1. The molecule has 0 radical (unpaired) electrons. The number of carbonyl (C=O) groups excluding carboxylic acids is 1. The number of carbonyl (C=O) groups is 2. The van der Waals surface area contributed by atoms with Crippen molar-refractivity contribution in [3.63, 3.8) is 0 Å². The lowest BCUT2D eigenvalue weighted by Crippen LogP contribution is -2.34.